The highest BCUT2D eigenvalue weighted by Crippen LogP contribution is 2.55. The van der Waals surface area contributed by atoms with Crippen LogP contribution in [-0.2, 0) is 14.9 Å². The zero-order valence-electron chi connectivity index (χ0n) is 12.9. The first-order valence-electron chi connectivity index (χ1n) is 7.35. The molecular weight excluding hydrogens is 266 g/mol. The van der Waals surface area contributed by atoms with Crippen molar-refractivity contribution in [3.63, 3.8) is 0 Å². The van der Waals surface area contributed by atoms with Crippen LogP contribution in [0.3, 0.4) is 0 Å². The van der Waals surface area contributed by atoms with Crippen molar-refractivity contribution in [1.82, 2.24) is 5.32 Å². The fraction of sp³-hybridized carbons (Fsp3) is 0.529. The molecule has 0 spiro atoms. The molecule has 114 valence electrons. The van der Waals surface area contributed by atoms with Crippen LogP contribution in [0.1, 0.15) is 39.2 Å². The highest BCUT2D eigenvalue weighted by atomic mass is 16.6. The van der Waals surface area contributed by atoms with E-state index < -0.39 is 11.7 Å². The Kier molecular flexibility index (Phi) is 4.35. The number of hydrogen-bond donors (Lipinski definition) is 1. The predicted octanol–water partition coefficient (Wildman–Crippen LogP) is 3.06. The smallest absolute Gasteiger partial charge is 0.407 e. The summed E-state index contributed by atoms with van der Waals surface area (Å²) in [6.45, 7) is 6.01. The molecule has 0 aromatic heterocycles. The molecule has 21 heavy (non-hydrogen) atoms. The number of hydrogen-bond acceptors (Lipinski definition) is 3. The zero-order valence-corrected chi connectivity index (χ0v) is 12.9. The minimum atomic E-state index is -0.494. The lowest BCUT2D eigenvalue weighted by Gasteiger charge is -2.21. The van der Waals surface area contributed by atoms with Gasteiger partial charge in [-0.25, -0.2) is 4.79 Å². The van der Waals surface area contributed by atoms with Crippen LogP contribution in [-0.4, -0.2) is 24.5 Å². The molecule has 1 aliphatic rings. The summed E-state index contributed by atoms with van der Waals surface area (Å²) < 4.78 is 5.21. The first-order chi connectivity index (χ1) is 9.87. The number of amides is 1. The maximum atomic E-state index is 11.6. The van der Waals surface area contributed by atoms with E-state index in [-0.39, 0.29) is 11.3 Å². The Morgan fingerprint density at radius 3 is 2.57 bits per heavy atom. The van der Waals surface area contributed by atoms with Crippen LogP contribution in [0.2, 0.25) is 0 Å². The van der Waals surface area contributed by atoms with Crippen molar-refractivity contribution in [2.24, 2.45) is 5.92 Å². The van der Waals surface area contributed by atoms with E-state index in [9.17, 15) is 9.59 Å². The van der Waals surface area contributed by atoms with E-state index in [1.165, 1.54) is 5.56 Å². The van der Waals surface area contributed by atoms with E-state index >= 15 is 0 Å². The van der Waals surface area contributed by atoms with Gasteiger partial charge in [0, 0.05) is 17.9 Å². The Bertz CT molecular complexity index is 507. The highest BCUT2D eigenvalue weighted by Gasteiger charge is 2.54. The van der Waals surface area contributed by atoms with Crippen LogP contribution in [0.25, 0.3) is 0 Å². The molecule has 1 aliphatic carbocycles. The average Bonchev–Trinajstić information content (AvgIpc) is 3.13. The summed E-state index contributed by atoms with van der Waals surface area (Å²) >= 11 is 0. The van der Waals surface area contributed by atoms with Gasteiger partial charge in [0.15, 0.2) is 0 Å². The van der Waals surface area contributed by atoms with E-state index in [0.29, 0.717) is 6.54 Å². The third-order valence-electron chi connectivity index (χ3n) is 3.89. The van der Waals surface area contributed by atoms with Crippen LogP contribution in [0.4, 0.5) is 4.79 Å². The third-order valence-corrected chi connectivity index (χ3v) is 3.89. The zero-order chi connectivity index (χ0) is 15.5. The monoisotopic (exact) mass is 289 g/mol. The molecule has 2 rings (SSSR count). The Balaban J connectivity index is 1.91. The average molecular weight is 289 g/mol. The lowest BCUT2D eigenvalue weighted by molar-refractivity contribution is -0.109. The van der Waals surface area contributed by atoms with Gasteiger partial charge in [-0.2, -0.15) is 0 Å². The van der Waals surface area contributed by atoms with Gasteiger partial charge in [-0.1, -0.05) is 30.3 Å². The maximum Gasteiger partial charge on any atom is 0.407 e. The molecule has 0 bridgehead atoms. The summed E-state index contributed by atoms with van der Waals surface area (Å²) in [5.41, 5.74) is 0.567. The molecule has 1 saturated carbocycles. The summed E-state index contributed by atoms with van der Waals surface area (Å²) in [5, 5.41) is 2.77. The van der Waals surface area contributed by atoms with Crippen LogP contribution >= 0.6 is 0 Å². The number of rotatable bonds is 5. The molecule has 1 fully saturated rings. The molecule has 0 aliphatic heterocycles. The van der Waals surface area contributed by atoms with Gasteiger partial charge in [0.05, 0.1) is 0 Å². The van der Waals surface area contributed by atoms with Gasteiger partial charge in [0.2, 0.25) is 0 Å². The van der Waals surface area contributed by atoms with Gasteiger partial charge in [-0.15, -0.1) is 0 Å². The Hall–Kier alpha value is -1.84. The maximum absolute atomic E-state index is 11.6. The standard InChI is InChI=1S/C17H23NO3/c1-16(2,3)21-15(20)18-10-9-17(11-14(17)12-19)13-7-5-4-6-8-13/h4-8,12,14H,9-11H2,1-3H3,(H,18,20). The van der Waals surface area contributed by atoms with Crippen molar-refractivity contribution < 1.29 is 14.3 Å². The van der Waals surface area contributed by atoms with Crippen LogP contribution < -0.4 is 5.32 Å². The number of carbonyl (C=O) groups is 2. The van der Waals surface area contributed by atoms with Crippen molar-refractivity contribution in [2.45, 2.75) is 44.6 Å². The van der Waals surface area contributed by atoms with Gasteiger partial charge in [-0.05, 0) is 39.2 Å². The normalized spacial score (nSPS) is 24.2. The fourth-order valence-electron chi connectivity index (χ4n) is 2.75. The van der Waals surface area contributed by atoms with Crippen molar-refractivity contribution in [3.05, 3.63) is 35.9 Å². The molecule has 1 aromatic carbocycles. The minimum absolute atomic E-state index is 0.0559. The molecular formula is C17H23NO3. The van der Waals surface area contributed by atoms with Crippen LogP contribution in [0.5, 0.6) is 0 Å². The number of nitrogens with one attached hydrogen (secondary N) is 1. The molecule has 2 unspecified atom stereocenters. The highest BCUT2D eigenvalue weighted by molar-refractivity contribution is 5.68. The van der Waals surface area contributed by atoms with Gasteiger partial charge in [-0.3, -0.25) is 0 Å². The number of ether oxygens (including phenoxy) is 1. The van der Waals surface area contributed by atoms with Crippen molar-refractivity contribution >= 4 is 12.4 Å². The van der Waals surface area contributed by atoms with E-state index in [0.717, 1.165) is 19.1 Å². The largest absolute Gasteiger partial charge is 0.444 e. The summed E-state index contributed by atoms with van der Waals surface area (Å²) in [6, 6.07) is 10.0. The number of benzene rings is 1. The van der Waals surface area contributed by atoms with Gasteiger partial charge >= 0.3 is 6.09 Å². The van der Waals surface area contributed by atoms with Crippen molar-refractivity contribution in [3.8, 4) is 0 Å². The van der Waals surface area contributed by atoms with Gasteiger partial charge in [0.25, 0.3) is 0 Å². The molecule has 4 heteroatoms. The number of alkyl carbamates (subject to hydrolysis) is 1. The molecule has 0 radical (unpaired) electrons. The predicted molar refractivity (Wildman–Crippen MR) is 81.1 cm³/mol. The second-order valence-electron chi connectivity index (χ2n) is 6.65. The van der Waals surface area contributed by atoms with E-state index in [1.54, 1.807) is 0 Å². The first kappa shape index (κ1) is 15.5. The molecule has 0 saturated heterocycles. The van der Waals surface area contributed by atoms with E-state index in [1.807, 2.05) is 39.0 Å². The molecule has 4 nitrogen and oxygen atoms in total. The fourth-order valence-corrected chi connectivity index (χ4v) is 2.75. The van der Waals surface area contributed by atoms with Crippen molar-refractivity contribution in [1.29, 1.82) is 0 Å². The Labute approximate surface area is 125 Å². The van der Waals surface area contributed by atoms with Gasteiger partial charge < -0.3 is 14.8 Å². The van der Waals surface area contributed by atoms with Crippen molar-refractivity contribution in [2.75, 3.05) is 6.54 Å². The lowest BCUT2D eigenvalue weighted by Crippen LogP contribution is -2.34. The summed E-state index contributed by atoms with van der Waals surface area (Å²) in [4.78, 5) is 22.8. The number of aldehydes is 1. The summed E-state index contributed by atoms with van der Waals surface area (Å²) in [5.74, 6) is 0.0559. The molecule has 1 N–H and O–H groups in total. The number of carbonyl (C=O) groups excluding carboxylic acids is 2. The topological polar surface area (TPSA) is 55.4 Å². The molecule has 1 aromatic rings. The van der Waals surface area contributed by atoms with E-state index in [2.05, 4.69) is 17.4 Å². The Morgan fingerprint density at radius 2 is 2.05 bits per heavy atom. The molecule has 1 amide bonds. The van der Waals surface area contributed by atoms with Crippen LogP contribution in [0, 0.1) is 5.92 Å². The summed E-state index contributed by atoms with van der Waals surface area (Å²) in [6.07, 6.45) is 2.23. The van der Waals surface area contributed by atoms with E-state index in [4.69, 9.17) is 4.74 Å². The molecule has 2 atom stereocenters. The van der Waals surface area contributed by atoms with Gasteiger partial charge in [0.1, 0.15) is 11.9 Å². The van der Waals surface area contributed by atoms with Crippen LogP contribution in [0.15, 0.2) is 30.3 Å². The minimum Gasteiger partial charge on any atom is -0.444 e. The quantitative estimate of drug-likeness (QED) is 0.848. The summed E-state index contributed by atoms with van der Waals surface area (Å²) in [7, 11) is 0. The lowest BCUT2D eigenvalue weighted by atomic mass is 9.90. The Morgan fingerprint density at radius 1 is 1.38 bits per heavy atom. The second-order valence-corrected chi connectivity index (χ2v) is 6.65. The third kappa shape index (κ3) is 3.84. The molecule has 0 heterocycles. The second kappa shape index (κ2) is 5.88. The SMILES string of the molecule is CC(C)(C)OC(=O)NCCC1(c2ccccc2)CC1C=O. The first-order valence-corrected chi connectivity index (χ1v) is 7.35.